The molecule has 0 spiro atoms. The smallest absolute Gasteiger partial charge is 0.337 e. The van der Waals surface area contributed by atoms with Gasteiger partial charge in [-0.3, -0.25) is 0 Å². The van der Waals surface area contributed by atoms with Crippen molar-refractivity contribution in [2.75, 3.05) is 7.11 Å². The largest absolute Gasteiger partial charge is 0.478 e. The molecule has 9 heteroatoms. The Labute approximate surface area is 123 Å². The molecule has 1 aromatic heterocycles. The van der Waals surface area contributed by atoms with Gasteiger partial charge in [0.2, 0.25) is 5.28 Å². The van der Waals surface area contributed by atoms with Crippen molar-refractivity contribution in [3.05, 3.63) is 34.1 Å². The molecular formula is C11H7Cl2N3O4. The van der Waals surface area contributed by atoms with Gasteiger partial charge >= 0.3 is 18.0 Å². The second-order valence-corrected chi connectivity index (χ2v) is 4.17. The number of aromatic nitrogens is 3. The minimum atomic E-state index is -1.17. The number of nitrogens with zero attached hydrogens (tertiary/aromatic N) is 3. The van der Waals surface area contributed by atoms with Gasteiger partial charge in [0.25, 0.3) is 0 Å². The van der Waals surface area contributed by atoms with Gasteiger partial charge in [0.05, 0.1) is 17.7 Å². The lowest BCUT2D eigenvalue weighted by Crippen LogP contribution is -2.00. The van der Waals surface area contributed by atoms with Crippen LogP contribution in [0.5, 0.6) is 17.8 Å². The first-order valence-corrected chi connectivity index (χ1v) is 5.91. The number of rotatable bonds is 4. The van der Waals surface area contributed by atoms with Gasteiger partial charge in [-0.25, -0.2) is 4.79 Å². The third-order valence-corrected chi connectivity index (χ3v) is 2.63. The molecule has 7 nitrogen and oxygen atoms in total. The van der Waals surface area contributed by atoms with Crippen LogP contribution in [0.15, 0.2) is 18.2 Å². The highest BCUT2D eigenvalue weighted by Gasteiger charge is 2.12. The maximum atomic E-state index is 11.0. The Morgan fingerprint density at radius 2 is 1.90 bits per heavy atom. The fourth-order valence-corrected chi connectivity index (χ4v) is 1.63. The molecule has 2 aromatic rings. The average Bonchev–Trinajstić information content (AvgIpc) is 2.40. The van der Waals surface area contributed by atoms with Gasteiger partial charge in [-0.05, 0) is 29.8 Å². The van der Waals surface area contributed by atoms with Crippen LogP contribution in [0.25, 0.3) is 0 Å². The minimum Gasteiger partial charge on any atom is -0.478 e. The fraction of sp³-hybridized carbons (Fsp3) is 0.0909. The summed E-state index contributed by atoms with van der Waals surface area (Å²) in [4.78, 5) is 22.2. The van der Waals surface area contributed by atoms with E-state index in [1.165, 1.54) is 25.3 Å². The molecule has 0 unspecified atom stereocenters. The maximum Gasteiger partial charge on any atom is 0.337 e. The Bertz CT molecular complexity index is 666. The third-order valence-electron chi connectivity index (χ3n) is 2.13. The summed E-state index contributed by atoms with van der Waals surface area (Å²) in [7, 11) is 1.36. The lowest BCUT2D eigenvalue weighted by molar-refractivity contribution is 0.0696. The zero-order chi connectivity index (χ0) is 14.7. The Morgan fingerprint density at radius 1 is 1.20 bits per heavy atom. The minimum absolute atomic E-state index is 0.0209. The first-order chi connectivity index (χ1) is 9.49. The van der Waals surface area contributed by atoms with Crippen molar-refractivity contribution < 1.29 is 19.4 Å². The molecule has 0 bridgehead atoms. The molecule has 0 radical (unpaired) electrons. The summed E-state index contributed by atoms with van der Waals surface area (Å²) in [5, 5.41) is 8.94. The van der Waals surface area contributed by atoms with Crippen LogP contribution in [0, 0.1) is 0 Å². The molecule has 0 aliphatic rings. The normalized spacial score (nSPS) is 10.2. The van der Waals surface area contributed by atoms with E-state index in [-0.39, 0.29) is 33.6 Å². The van der Waals surface area contributed by atoms with E-state index in [9.17, 15) is 4.79 Å². The van der Waals surface area contributed by atoms with Crippen molar-refractivity contribution in [2.45, 2.75) is 0 Å². The Balaban J connectivity index is 2.32. The van der Waals surface area contributed by atoms with Gasteiger partial charge in [0, 0.05) is 0 Å². The number of halogens is 2. The number of hydrogen-bond acceptors (Lipinski definition) is 6. The van der Waals surface area contributed by atoms with Crippen molar-refractivity contribution in [3.8, 4) is 17.8 Å². The highest BCUT2D eigenvalue weighted by atomic mass is 35.5. The van der Waals surface area contributed by atoms with E-state index in [4.69, 9.17) is 37.8 Å². The summed E-state index contributed by atoms with van der Waals surface area (Å²) in [5.41, 5.74) is -0.101. The number of carboxylic acids is 1. The number of methoxy groups -OCH3 is 1. The number of carbonyl (C=O) groups is 1. The number of aromatic carboxylic acids is 1. The van der Waals surface area contributed by atoms with E-state index in [2.05, 4.69) is 15.0 Å². The summed E-state index contributed by atoms with van der Waals surface area (Å²) >= 11 is 11.4. The van der Waals surface area contributed by atoms with E-state index in [0.29, 0.717) is 0 Å². The van der Waals surface area contributed by atoms with Crippen LogP contribution in [0.1, 0.15) is 10.4 Å². The second kappa shape index (κ2) is 5.89. The van der Waals surface area contributed by atoms with Crippen LogP contribution in [-0.2, 0) is 0 Å². The van der Waals surface area contributed by atoms with Crippen LogP contribution in [0.3, 0.4) is 0 Å². The van der Waals surface area contributed by atoms with E-state index in [1.807, 2.05) is 0 Å². The van der Waals surface area contributed by atoms with Gasteiger partial charge in [-0.15, -0.1) is 4.98 Å². The lowest BCUT2D eigenvalue weighted by Gasteiger charge is -2.06. The molecule has 20 heavy (non-hydrogen) atoms. The lowest BCUT2D eigenvalue weighted by atomic mass is 10.2. The number of benzene rings is 1. The molecule has 2 rings (SSSR count). The van der Waals surface area contributed by atoms with Crippen LogP contribution in [0.2, 0.25) is 10.3 Å². The average molecular weight is 316 g/mol. The summed E-state index contributed by atoms with van der Waals surface area (Å²) in [6, 6.07) is 3.96. The molecule has 1 heterocycles. The summed E-state index contributed by atoms with van der Waals surface area (Å²) in [5.74, 6) is -0.983. The van der Waals surface area contributed by atoms with Gasteiger partial charge in [0.1, 0.15) is 5.75 Å². The van der Waals surface area contributed by atoms with Crippen LogP contribution < -0.4 is 9.47 Å². The third kappa shape index (κ3) is 3.25. The zero-order valence-electron chi connectivity index (χ0n) is 10.0. The van der Waals surface area contributed by atoms with E-state index in [0.717, 1.165) is 0 Å². The van der Waals surface area contributed by atoms with Crippen molar-refractivity contribution in [1.29, 1.82) is 0 Å². The molecule has 0 saturated carbocycles. The van der Waals surface area contributed by atoms with E-state index >= 15 is 0 Å². The van der Waals surface area contributed by atoms with Gasteiger partial charge in [-0.1, -0.05) is 11.6 Å². The van der Waals surface area contributed by atoms with E-state index < -0.39 is 5.97 Å². The Hall–Kier alpha value is -2.12. The SMILES string of the molecule is COc1nc(Cl)nc(Oc2ccc(Cl)c(C(=O)O)c2)n1. The maximum absolute atomic E-state index is 11.0. The zero-order valence-corrected chi connectivity index (χ0v) is 11.5. The highest BCUT2D eigenvalue weighted by Crippen LogP contribution is 2.25. The standard InChI is InChI=1S/C11H7Cl2N3O4/c1-19-10-14-9(13)15-11(16-10)20-5-2-3-7(12)6(4-5)8(17)18/h2-4H,1H3,(H,17,18). The van der Waals surface area contributed by atoms with E-state index in [1.54, 1.807) is 0 Å². The number of ether oxygens (including phenoxy) is 2. The van der Waals surface area contributed by atoms with Gasteiger partial charge in [0.15, 0.2) is 0 Å². The predicted octanol–water partition coefficient (Wildman–Crippen LogP) is 2.68. The van der Waals surface area contributed by atoms with Crippen molar-refractivity contribution in [2.24, 2.45) is 0 Å². The molecule has 1 N–H and O–H groups in total. The second-order valence-electron chi connectivity index (χ2n) is 3.42. The molecule has 0 saturated heterocycles. The summed E-state index contributed by atoms with van der Waals surface area (Å²) in [6.45, 7) is 0. The molecule has 0 aliphatic heterocycles. The van der Waals surface area contributed by atoms with Crippen LogP contribution >= 0.6 is 23.2 Å². The molecule has 0 fully saturated rings. The number of hydrogen-bond donors (Lipinski definition) is 1. The first kappa shape index (κ1) is 14.3. The predicted molar refractivity (Wildman–Crippen MR) is 69.9 cm³/mol. The monoisotopic (exact) mass is 315 g/mol. The van der Waals surface area contributed by atoms with Crippen molar-refractivity contribution in [1.82, 2.24) is 15.0 Å². The Kier molecular flexibility index (Phi) is 4.21. The van der Waals surface area contributed by atoms with Crippen LogP contribution in [-0.4, -0.2) is 33.1 Å². The van der Waals surface area contributed by atoms with Crippen LogP contribution in [0.4, 0.5) is 0 Å². The van der Waals surface area contributed by atoms with Gasteiger partial charge in [-0.2, -0.15) is 9.97 Å². The Morgan fingerprint density at radius 3 is 2.55 bits per heavy atom. The highest BCUT2D eigenvalue weighted by molar-refractivity contribution is 6.33. The molecule has 0 atom stereocenters. The van der Waals surface area contributed by atoms with Crippen molar-refractivity contribution >= 4 is 29.2 Å². The van der Waals surface area contributed by atoms with Crippen molar-refractivity contribution in [3.63, 3.8) is 0 Å². The molecule has 1 aromatic carbocycles. The summed E-state index contributed by atoms with van der Waals surface area (Å²) in [6.07, 6.45) is 0. The molecular weight excluding hydrogens is 309 g/mol. The first-order valence-electron chi connectivity index (χ1n) is 5.16. The molecule has 0 amide bonds. The quantitative estimate of drug-likeness (QED) is 0.926. The number of carboxylic acid groups (broad SMARTS) is 1. The summed E-state index contributed by atoms with van der Waals surface area (Å²) < 4.78 is 10.1. The van der Waals surface area contributed by atoms with Gasteiger partial charge < -0.3 is 14.6 Å². The topological polar surface area (TPSA) is 94.4 Å². The fourth-order valence-electron chi connectivity index (χ4n) is 1.29. The molecule has 0 aliphatic carbocycles. The molecule has 104 valence electrons.